The van der Waals surface area contributed by atoms with Crippen molar-refractivity contribution in [3.63, 3.8) is 0 Å². The smallest absolute Gasteiger partial charge is 0.416 e. The van der Waals surface area contributed by atoms with Gasteiger partial charge >= 0.3 is 12.1 Å². The van der Waals surface area contributed by atoms with Crippen LogP contribution in [0.25, 0.3) is 10.2 Å². The van der Waals surface area contributed by atoms with E-state index in [9.17, 15) is 36.3 Å². The van der Waals surface area contributed by atoms with E-state index in [0.29, 0.717) is 28.5 Å². The maximum absolute atomic E-state index is 13.1. The van der Waals surface area contributed by atoms with E-state index in [0.717, 1.165) is 27.8 Å². The van der Waals surface area contributed by atoms with Gasteiger partial charge in [0.05, 0.1) is 21.4 Å². The summed E-state index contributed by atoms with van der Waals surface area (Å²) in [5.74, 6) is -1.42. The van der Waals surface area contributed by atoms with E-state index in [1.54, 1.807) is 11.8 Å². The van der Waals surface area contributed by atoms with Crippen molar-refractivity contribution in [3.8, 4) is 0 Å². The lowest BCUT2D eigenvalue weighted by Crippen LogP contribution is -2.58. The highest BCUT2D eigenvalue weighted by Crippen LogP contribution is 2.32. The molecule has 0 saturated carbocycles. The number of carboxylic acid groups (broad SMARTS) is 1. The van der Waals surface area contributed by atoms with Crippen molar-refractivity contribution in [1.82, 2.24) is 19.1 Å². The maximum Gasteiger partial charge on any atom is 0.416 e. The third-order valence-corrected chi connectivity index (χ3v) is 8.34. The Balaban J connectivity index is 1.62. The molecular weight excluding hydrogens is 499 g/mol. The number of aromatic nitrogens is 3. The molecule has 1 aliphatic heterocycles. The molecule has 0 amide bonds. The molecule has 1 fully saturated rings. The predicted molar refractivity (Wildman–Crippen MR) is 116 cm³/mol. The zero-order valence-electron chi connectivity index (χ0n) is 17.6. The van der Waals surface area contributed by atoms with Crippen molar-refractivity contribution >= 4 is 42.7 Å². The molecule has 10 nitrogen and oxygen atoms in total. The second-order valence-corrected chi connectivity index (χ2v) is 10.3. The van der Waals surface area contributed by atoms with Crippen LogP contribution in [0.1, 0.15) is 12.5 Å². The quantitative estimate of drug-likeness (QED) is 0.544. The van der Waals surface area contributed by atoms with Crippen LogP contribution < -0.4 is 10.5 Å². The Kier molecular flexibility index (Phi) is 6.12. The number of alkyl halides is 3. The monoisotopic (exact) mass is 517 g/mol. The van der Waals surface area contributed by atoms with E-state index in [-0.39, 0.29) is 30.7 Å². The highest BCUT2D eigenvalue weighted by atomic mass is 32.2. The van der Waals surface area contributed by atoms with Gasteiger partial charge in [-0.15, -0.1) is 0 Å². The number of carbonyl (C=O) groups is 1. The third-order valence-electron chi connectivity index (χ3n) is 5.37. The van der Waals surface area contributed by atoms with Crippen LogP contribution in [0.3, 0.4) is 0 Å². The van der Waals surface area contributed by atoms with Gasteiger partial charge in [-0.3, -0.25) is 9.59 Å². The minimum absolute atomic E-state index is 0.0683. The molecule has 1 N–H and O–H groups in total. The number of sulfonamides is 1. The van der Waals surface area contributed by atoms with Crippen LogP contribution in [-0.4, -0.2) is 64.2 Å². The van der Waals surface area contributed by atoms with Crippen LogP contribution in [-0.2, 0) is 27.5 Å². The van der Waals surface area contributed by atoms with Crippen molar-refractivity contribution in [1.29, 1.82) is 0 Å². The lowest BCUT2D eigenvalue weighted by atomic mass is 10.2. The average Bonchev–Trinajstić information content (AvgIpc) is 3.24. The van der Waals surface area contributed by atoms with Gasteiger partial charge in [0.2, 0.25) is 10.0 Å². The minimum Gasteiger partial charge on any atom is -0.480 e. The van der Waals surface area contributed by atoms with Crippen LogP contribution >= 0.6 is 11.3 Å². The number of piperazine rings is 1. The van der Waals surface area contributed by atoms with Gasteiger partial charge in [0, 0.05) is 26.2 Å². The maximum atomic E-state index is 13.1. The fourth-order valence-corrected chi connectivity index (χ4v) is 6.12. The summed E-state index contributed by atoms with van der Waals surface area (Å²) in [5.41, 5.74) is -1.22. The molecule has 3 heterocycles. The largest absolute Gasteiger partial charge is 0.480 e. The van der Waals surface area contributed by atoms with Gasteiger partial charge in [0.15, 0.2) is 10.6 Å². The highest BCUT2D eigenvalue weighted by Gasteiger charge is 2.41. The number of benzene rings is 1. The molecule has 4 rings (SSSR count). The summed E-state index contributed by atoms with van der Waals surface area (Å²) < 4.78 is 67.1. The van der Waals surface area contributed by atoms with Gasteiger partial charge in [-0.05, 0) is 31.2 Å². The van der Waals surface area contributed by atoms with E-state index in [1.165, 1.54) is 10.9 Å². The Labute approximate surface area is 194 Å². The molecule has 1 atom stereocenters. The summed E-state index contributed by atoms with van der Waals surface area (Å²) in [6, 6.07) is 1.37. The predicted octanol–water partition coefficient (Wildman–Crippen LogP) is 1.86. The first-order chi connectivity index (χ1) is 15.9. The molecule has 1 aliphatic rings. The fourth-order valence-electron chi connectivity index (χ4n) is 3.60. The second-order valence-electron chi connectivity index (χ2n) is 7.41. The topological polar surface area (TPSA) is 126 Å². The molecule has 1 aromatic carbocycles. The molecule has 15 heteroatoms. The summed E-state index contributed by atoms with van der Waals surface area (Å²) in [6.07, 6.45) is -3.15. The Hall–Kier alpha value is -3.04. The molecule has 0 unspecified atom stereocenters. The SMILES string of the molecule is CCn1ncc2sc(N3CCN(S(=O)(=O)c4ccc(C(F)(F)F)cc4)[C@@H](C(=O)O)C3)nc2c1=O. The number of halogens is 3. The first-order valence-electron chi connectivity index (χ1n) is 9.97. The molecule has 0 radical (unpaired) electrons. The molecule has 0 aliphatic carbocycles. The number of anilines is 1. The first-order valence-corrected chi connectivity index (χ1v) is 12.2. The molecule has 0 bridgehead atoms. The fraction of sp³-hybridized carbons (Fsp3) is 0.368. The number of hydrogen-bond acceptors (Lipinski definition) is 8. The van der Waals surface area contributed by atoms with Gasteiger partial charge in [0.25, 0.3) is 5.56 Å². The number of rotatable bonds is 5. The minimum atomic E-state index is -4.63. The van der Waals surface area contributed by atoms with Crippen molar-refractivity contribution in [2.45, 2.75) is 30.6 Å². The van der Waals surface area contributed by atoms with Gasteiger partial charge in [-0.2, -0.15) is 22.6 Å². The number of aliphatic carboxylic acids is 1. The molecule has 1 saturated heterocycles. The molecule has 182 valence electrons. The number of carboxylic acids is 1. The molecule has 2 aromatic heterocycles. The Bertz CT molecular complexity index is 1400. The summed E-state index contributed by atoms with van der Waals surface area (Å²) in [4.78, 5) is 29.8. The van der Waals surface area contributed by atoms with Gasteiger partial charge in [-0.1, -0.05) is 11.3 Å². The van der Waals surface area contributed by atoms with Gasteiger partial charge in [-0.25, -0.2) is 18.1 Å². The normalized spacial score (nSPS) is 17.9. The van der Waals surface area contributed by atoms with Crippen LogP contribution in [0.15, 0.2) is 40.2 Å². The second kappa shape index (κ2) is 8.63. The molecular formula is C19H18F3N5O5S2. The third kappa shape index (κ3) is 4.25. The highest BCUT2D eigenvalue weighted by molar-refractivity contribution is 7.89. The van der Waals surface area contributed by atoms with Crippen LogP contribution in [0.5, 0.6) is 0 Å². The number of thiazole rings is 1. The van der Waals surface area contributed by atoms with E-state index in [1.807, 2.05) is 0 Å². The average molecular weight is 518 g/mol. The van der Waals surface area contributed by atoms with Gasteiger partial charge in [0.1, 0.15) is 6.04 Å². The Morgan fingerprint density at radius 3 is 2.50 bits per heavy atom. The molecule has 3 aromatic rings. The zero-order chi connectivity index (χ0) is 24.8. The Morgan fingerprint density at radius 1 is 1.24 bits per heavy atom. The summed E-state index contributed by atoms with van der Waals surface area (Å²) in [7, 11) is -4.39. The Morgan fingerprint density at radius 2 is 1.91 bits per heavy atom. The van der Waals surface area contributed by atoms with Crippen LogP contribution in [0.2, 0.25) is 0 Å². The van der Waals surface area contributed by atoms with E-state index >= 15 is 0 Å². The van der Waals surface area contributed by atoms with Crippen LogP contribution in [0.4, 0.5) is 18.3 Å². The molecule has 0 spiro atoms. The summed E-state index contributed by atoms with van der Waals surface area (Å²) in [6.45, 7) is 1.67. The first kappa shape index (κ1) is 24.1. The zero-order valence-corrected chi connectivity index (χ0v) is 19.2. The standard InChI is InChI=1S/C19H18F3N5O5S2/c1-2-26-16(28)15-14(9-23-26)33-18(24-15)25-7-8-27(13(10-25)17(29)30)34(31,32)12-5-3-11(4-6-12)19(20,21)22/h3-6,9,13H,2,7-8,10H2,1H3,(H,29,30)/t13-/m1/s1. The lowest BCUT2D eigenvalue weighted by Gasteiger charge is -2.38. The van der Waals surface area contributed by atoms with E-state index < -0.39 is 38.7 Å². The number of nitrogens with zero attached hydrogens (tertiary/aromatic N) is 5. The van der Waals surface area contributed by atoms with Gasteiger partial charge < -0.3 is 10.0 Å². The number of fused-ring (bicyclic) bond motifs is 1. The van der Waals surface area contributed by atoms with Crippen molar-refractivity contribution < 1.29 is 31.5 Å². The van der Waals surface area contributed by atoms with Crippen molar-refractivity contribution in [3.05, 3.63) is 46.4 Å². The van der Waals surface area contributed by atoms with E-state index in [4.69, 9.17) is 0 Å². The van der Waals surface area contributed by atoms with Crippen molar-refractivity contribution in [2.24, 2.45) is 0 Å². The van der Waals surface area contributed by atoms with Crippen LogP contribution in [0, 0.1) is 0 Å². The molecule has 34 heavy (non-hydrogen) atoms. The summed E-state index contributed by atoms with van der Waals surface area (Å²) >= 11 is 1.13. The van der Waals surface area contributed by atoms with Crippen molar-refractivity contribution in [2.75, 3.05) is 24.5 Å². The summed E-state index contributed by atoms with van der Waals surface area (Å²) in [5, 5.41) is 14.1. The van der Waals surface area contributed by atoms with E-state index in [2.05, 4.69) is 10.1 Å². The number of aryl methyl sites for hydroxylation is 1. The lowest BCUT2D eigenvalue weighted by molar-refractivity contribution is -0.141. The number of hydrogen-bond donors (Lipinski definition) is 1.